The van der Waals surface area contributed by atoms with Gasteiger partial charge in [-0.1, -0.05) is 27.7 Å². The van der Waals surface area contributed by atoms with Crippen LogP contribution in [0.15, 0.2) is 58.3 Å². The van der Waals surface area contributed by atoms with Crippen molar-refractivity contribution in [1.29, 1.82) is 0 Å². The molecule has 0 saturated carbocycles. The fourth-order valence-electron chi connectivity index (χ4n) is 2.94. The largest absolute Gasteiger partial charge is 0.592 e. The molecule has 1 N–H and O–H groups in total. The van der Waals surface area contributed by atoms with E-state index in [0.29, 0.717) is 47.8 Å². The van der Waals surface area contributed by atoms with Crippen LogP contribution in [0.3, 0.4) is 0 Å². The third kappa shape index (κ3) is 3.90. The first-order valence-electron chi connectivity index (χ1n) is 8.67. The molecular formula is C18H18FN5O2S2. The van der Waals surface area contributed by atoms with Crippen LogP contribution in [-0.4, -0.2) is 45.0 Å². The standard InChI is InChI=1S/C18H18FN5O2S2/c19-14-4-1-2-5-15(14)21-16-7-8-20-18(22-16)23-9-11-24(12-10-23)28(25,26)17-6-3-13-27-17/h1-8,13H,9-12H2,(H-,20,21,22,25,26). The number of nitrogens with zero attached hydrogens (tertiary/aromatic N) is 4. The summed E-state index contributed by atoms with van der Waals surface area (Å²) in [6.07, 6.45) is 1.60. The Bertz CT molecular complexity index is 993. The number of anilines is 3. The zero-order valence-corrected chi connectivity index (χ0v) is 16.5. The minimum atomic E-state index is -3.45. The summed E-state index contributed by atoms with van der Waals surface area (Å²) in [6.45, 7) is 1.67. The topological polar surface area (TPSA) is 84.4 Å². The Morgan fingerprint density at radius 1 is 1.11 bits per heavy atom. The molecule has 1 unspecified atom stereocenters. The van der Waals surface area contributed by atoms with Gasteiger partial charge in [0.15, 0.2) is 10.4 Å². The molecule has 146 valence electrons. The SMILES string of the molecule is O=[S+]([O-])(c1cccs1)N1CCN(c2nccc(Nc3ccccc3F)n2)CC1. The summed E-state index contributed by atoms with van der Waals surface area (Å²) in [5.41, 5.74) is 0.332. The van der Waals surface area contributed by atoms with Crippen LogP contribution in [0.25, 0.3) is 0 Å². The number of hydrogen-bond acceptors (Lipinski definition) is 7. The monoisotopic (exact) mass is 419 g/mol. The van der Waals surface area contributed by atoms with Crippen LogP contribution in [0.4, 0.5) is 21.8 Å². The lowest BCUT2D eigenvalue weighted by molar-refractivity contribution is 0.338. The van der Waals surface area contributed by atoms with Crippen molar-refractivity contribution >= 4 is 39.2 Å². The predicted octanol–water partition coefficient (Wildman–Crippen LogP) is 3.15. The number of halogens is 1. The highest BCUT2D eigenvalue weighted by Crippen LogP contribution is 2.27. The molecule has 0 aliphatic carbocycles. The fraction of sp³-hybridized carbons (Fsp3) is 0.222. The van der Waals surface area contributed by atoms with Crippen molar-refractivity contribution in [1.82, 2.24) is 14.3 Å². The Kier molecular flexibility index (Phi) is 5.36. The van der Waals surface area contributed by atoms with Crippen molar-refractivity contribution in [2.75, 3.05) is 36.4 Å². The first kappa shape index (κ1) is 18.9. The van der Waals surface area contributed by atoms with Crippen molar-refractivity contribution in [3.63, 3.8) is 0 Å². The second-order valence-electron chi connectivity index (χ2n) is 6.17. The molecule has 0 spiro atoms. The first-order chi connectivity index (χ1) is 13.5. The molecule has 0 bridgehead atoms. The highest BCUT2D eigenvalue weighted by molar-refractivity contribution is 7.97. The van der Waals surface area contributed by atoms with Crippen molar-refractivity contribution in [2.45, 2.75) is 4.21 Å². The number of nitrogens with one attached hydrogen (secondary N) is 1. The van der Waals surface area contributed by atoms with Gasteiger partial charge in [0.05, 0.1) is 18.8 Å². The van der Waals surface area contributed by atoms with Crippen LogP contribution in [0.1, 0.15) is 0 Å². The van der Waals surface area contributed by atoms with E-state index < -0.39 is 10.4 Å². The maximum Gasteiger partial charge on any atom is 0.229 e. The lowest BCUT2D eigenvalue weighted by Crippen LogP contribution is -2.51. The van der Waals surface area contributed by atoms with Gasteiger partial charge in [-0.3, -0.25) is 0 Å². The van der Waals surface area contributed by atoms with E-state index in [9.17, 15) is 13.2 Å². The van der Waals surface area contributed by atoms with Crippen LogP contribution in [-0.2, 0) is 14.6 Å². The van der Waals surface area contributed by atoms with E-state index in [-0.39, 0.29) is 5.82 Å². The average Bonchev–Trinajstić information content (AvgIpc) is 3.26. The molecule has 3 heterocycles. The summed E-state index contributed by atoms with van der Waals surface area (Å²) in [5, 5.41) is 4.70. The van der Waals surface area contributed by atoms with E-state index in [1.54, 1.807) is 48.0 Å². The zero-order chi connectivity index (χ0) is 19.6. The minimum Gasteiger partial charge on any atom is -0.592 e. The summed E-state index contributed by atoms with van der Waals surface area (Å²) < 4.78 is 40.9. The van der Waals surface area contributed by atoms with Crippen LogP contribution < -0.4 is 10.2 Å². The molecule has 0 amide bonds. The lowest BCUT2D eigenvalue weighted by Gasteiger charge is -2.35. The van der Waals surface area contributed by atoms with Gasteiger partial charge in [-0.15, -0.1) is 4.31 Å². The molecule has 1 fully saturated rings. The quantitative estimate of drug-likeness (QED) is 0.640. The van der Waals surface area contributed by atoms with Crippen molar-refractivity contribution < 1.29 is 13.2 Å². The number of rotatable bonds is 5. The highest BCUT2D eigenvalue weighted by Gasteiger charge is 2.34. The summed E-state index contributed by atoms with van der Waals surface area (Å²) in [6, 6.07) is 11.4. The average molecular weight is 420 g/mol. The number of hydrogen-bond donors (Lipinski definition) is 1. The van der Waals surface area contributed by atoms with Crippen molar-refractivity contribution in [2.24, 2.45) is 0 Å². The highest BCUT2D eigenvalue weighted by atomic mass is 32.3. The second kappa shape index (κ2) is 7.92. The van der Waals surface area contributed by atoms with Gasteiger partial charge in [0.2, 0.25) is 10.2 Å². The van der Waals surface area contributed by atoms with Crippen LogP contribution in [0.5, 0.6) is 0 Å². The van der Waals surface area contributed by atoms with E-state index in [0.717, 1.165) is 0 Å². The number of piperazine rings is 1. The Morgan fingerprint density at radius 3 is 2.61 bits per heavy atom. The van der Waals surface area contributed by atoms with Crippen LogP contribution in [0.2, 0.25) is 0 Å². The number of sulfonamides is 1. The molecular weight excluding hydrogens is 401 g/mol. The molecule has 3 aromatic rings. The maximum atomic E-state index is 13.8. The molecule has 1 aliphatic heterocycles. The third-order valence-corrected chi connectivity index (χ3v) is 7.66. The molecule has 7 nitrogen and oxygen atoms in total. The molecule has 2 aromatic heterocycles. The molecule has 1 aliphatic rings. The number of thiophene rings is 1. The van der Waals surface area contributed by atoms with Gasteiger partial charge in [-0.05, 0) is 29.6 Å². The first-order valence-corrected chi connectivity index (χ1v) is 11.0. The van der Waals surface area contributed by atoms with E-state index >= 15 is 0 Å². The molecule has 1 aromatic carbocycles. The third-order valence-electron chi connectivity index (χ3n) is 4.39. The Hall–Kier alpha value is -2.40. The molecule has 1 atom stereocenters. The van der Waals surface area contributed by atoms with Crippen LogP contribution in [0, 0.1) is 5.82 Å². The van der Waals surface area contributed by atoms with E-state index in [4.69, 9.17) is 0 Å². The zero-order valence-electron chi connectivity index (χ0n) is 14.8. The molecule has 28 heavy (non-hydrogen) atoms. The second-order valence-corrected chi connectivity index (χ2v) is 9.28. The van der Waals surface area contributed by atoms with E-state index in [2.05, 4.69) is 15.3 Å². The van der Waals surface area contributed by atoms with Gasteiger partial charge >= 0.3 is 0 Å². The van der Waals surface area contributed by atoms with Crippen molar-refractivity contribution in [3.05, 3.63) is 59.9 Å². The molecule has 4 rings (SSSR count). The van der Waals surface area contributed by atoms with Gasteiger partial charge in [-0.2, -0.15) is 4.98 Å². The summed E-state index contributed by atoms with van der Waals surface area (Å²) in [4.78, 5) is 10.6. The Morgan fingerprint density at radius 2 is 1.89 bits per heavy atom. The lowest BCUT2D eigenvalue weighted by atomic mass is 10.3. The predicted molar refractivity (Wildman–Crippen MR) is 107 cm³/mol. The smallest absolute Gasteiger partial charge is 0.229 e. The summed E-state index contributed by atoms with van der Waals surface area (Å²) >= 11 is 1.22. The molecule has 1 saturated heterocycles. The van der Waals surface area contributed by atoms with Gasteiger partial charge in [0, 0.05) is 25.4 Å². The maximum absolute atomic E-state index is 13.8. The van der Waals surface area contributed by atoms with Crippen LogP contribution >= 0.6 is 11.3 Å². The van der Waals surface area contributed by atoms with E-state index in [1.807, 2.05) is 4.90 Å². The Labute approximate surface area is 167 Å². The van der Waals surface area contributed by atoms with Gasteiger partial charge < -0.3 is 14.8 Å². The van der Waals surface area contributed by atoms with Gasteiger partial charge in [0.1, 0.15) is 11.6 Å². The van der Waals surface area contributed by atoms with Gasteiger partial charge in [0.25, 0.3) is 0 Å². The molecule has 10 heteroatoms. The van der Waals surface area contributed by atoms with Crippen molar-refractivity contribution in [3.8, 4) is 0 Å². The number of aromatic nitrogens is 2. The van der Waals surface area contributed by atoms with E-state index in [1.165, 1.54) is 21.7 Å². The van der Waals surface area contributed by atoms with Gasteiger partial charge in [-0.25, -0.2) is 9.37 Å². The fourth-order valence-corrected chi connectivity index (χ4v) is 5.50. The molecule has 0 radical (unpaired) electrons. The number of para-hydroxylation sites is 1. The Balaban J connectivity index is 1.44. The summed E-state index contributed by atoms with van der Waals surface area (Å²) in [5.74, 6) is 0.591. The minimum absolute atomic E-state index is 0.332. The summed E-state index contributed by atoms with van der Waals surface area (Å²) in [7, 11) is -3.45. The number of benzene rings is 1. The normalized spacial score (nSPS) is 17.3.